The van der Waals surface area contributed by atoms with E-state index in [1.54, 1.807) is 43.3 Å². The van der Waals surface area contributed by atoms with Gasteiger partial charge in [-0.25, -0.2) is 15.2 Å². The number of nitrogens with zero attached hydrogens (tertiary/aromatic N) is 1. The number of hydrogen-bond acceptors (Lipinski definition) is 3. The molecule has 2 rings (SSSR count). The molecule has 5 nitrogen and oxygen atoms in total. The van der Waals surface area contributed by atoms with E-state index < -0.39 is 12.0 Å². The van der Waals surface area contributed by atoms with Gasteiger partial charge in [0, 0.05) is 5.56 Å². The Labute approximate surface area is 143 Å². The summed E-state index contributed by atoms with van der Waals surface area (Å²) in [7, 11) is 0. The Balaban J connectivity index is 2.36. The second-order valence-corrected chi connectivity index (χ2v) is 5.25. The van der Waals surface area contributed by atoms with Crippen LogP contribution in [0.5, 0.6) is 0 Å². The molecule has 0 aliphatic rings. The molecule has 0 saturated heterocycles. The number of rotatable bonds is 3. The highest BCUT2D eigenvalue weighted by atomic mass is 35.5. The van der Waals surface area contributed by atoms with Gasteiger partial charge in [-0.05, 0) is 37.3 Å². The van der Waals surface area contributed by atoms with Gasteiger partial charge in [-0.2, -0.15) is 0 Å². The lowest BCUT2D eigenvalue weighted by Gasteiger charge is -2.23. The van der Waals surface area contributed by atoms with Crippen molar-refractivity contribution >= 4 is 40.9 Å². The third-order valence-electron chi connectivity index (χ3n) is 2.86. The molecule has 2 amide bonds. The third-order valence-corrected chi connectivity index (χ3v) is 3.60. The number of carbonyl (C=O) groups excluding carboxylic acids is 2. The van der Waals surface area contributed by atoms with Gasteiger partial charge in [-0.15, -0.1) is 0 Å². The molecule has 0 atom stereocenters. The fourth-order valence-corrected chi connectivity index (χ4v) is 2.11. The summed E-state index contributed by atoms with van der Waals surface area (Å²) in [5.74, 6) is -0.433. The molecule has 7 heteroatoms. The molecule has 0 radical (unpaired) electrons. The fourth-order valence-electron chi connectivity index (χ4n) is 1.82. The monoisotopic (exact) mass is 352 g/mol. The Bertz CT molecular complexity index is 708. The van der Waals surface area contributed by atoms with Crippen LogP contribution in [-0.4, -0.2) is 18.6 Å². The maximum absolute atomic E-state index is 12.7. The molecule has 0 aliphatic heterocycles. The van der Waals surface area contributed by atoms with Crippen molar-refractivity contribution in [1.29, 1.82) is 0 Å². The number of hydrogen-bond donors (Lipinski definition) is 1. The molecule has 23 heavy (non-hydrogen) atoms. The van der Waals surface area contributed by atoms with Crippen LogP contribution in [0, 0.1) is 0 Å². The van der Waals surface area contributed by atoms with Gasteiger partial charge < -0.3 is 4.74 Å². The third kappa shape index (κ3) is 4.37. The molecule has 0 saturated carbocycles. The van der Waals surface area contributed by atoms with E-state index >= 15 is 0 Å². The Hall–Kier alpha value is -2.24. The minimum Gasteiger partial charge on any atom is -0.449 e. The molecule has 1 N–H and O–H groups in total. The first kappa shape index (κ1) is 17.1. The van der Waals surface area contributed by atoms with E-state index in [1.165, 1.54) is 12.1 Å². The molecule has 0 aliphatic carbocycles. The minimum atomic E-state index is -0.747. The average Bonchev–Trinajstić information content (AvgIpc) is 2.56. The SMILES string of the molecule is CCOC(=O)NN(C(=O)c1ccccc1)c1ccc(Cl)c(Cl)c1. The number of carbonyl (C=O) groups is 2. The predicted molar refractivity (Wildman–Crippen MR) is 89.9 cm³/mol. The highest BCUT2D eigenvalue weighted by molar-refractivity contribution is 6.42. The molecule has 2 aromatic carbocycles. The van der Waals surface area contributed by atoms with Crippen LogP contribution in [0.3, 0.4) is 0 Å². The molecular weight excluding hydrogens is 339 g/mol. The van der Waals surface area contributed by atoms with Crippen molar-refractivity contribution in [2.45, 2.75) is 6.92 Å². The zero-order valence-electron chi connectivity index (χ0n) is 12.3. The maximum atomic E-state index is 12.7. The molecule has 2 aromatic rings. The summed E-state index contributed by atoms with van der Waals surface area (Å²) in [5.41, 5.74) is 3.16. The summed E-state index contributed by atoms with van der Waals surface area (Å²) in [6.07, 6.45) is -0.747. The predicted octanol–water partition coefficient (Wildman–Crippen LogP) is 4.30. The van der Waals surface area contributed by atoms with Crippen LogP contribution in [0.15, 0.2) is 48.5 Å². The van der Waals surface area contributed by atoms with E-state index in [9.17, 15) is 9.59 Å². The Morgan fingerprint density at radius 1 is 1.09 bits per heavy atom. The van der Waals surface area contributed by atoms with Crippen molar-refractivity contribution in [3.8, 4) is 0 Å². The highest BCUT2D eigenvalue weighted by Gasteiger charge is 2.21. The summed E-state index contributed by atoms with van der Waals surface area (Å²) < 4.78 is 4.83. The fraction of sp³-hybridized carbons (Fsp3) is 0.125. The van der Waals surface area contributed by atoms with Gasteiger partial charge in [0.1, 0.15) is 0 Å². The van der Waals surface area contributed by atoms with Gasteiger partial charge in [0.2, 0.25) is 0 Å². The van der Waals surface area contributed by atoms with Crippen molar-refractivity contribution < 1.29 is 14.3 Å². The summed E-state index contributed by atoms with van der Waals surface area (Å²) in [6.45, 7) is 1.85. The second-order valence-electron chi connectivity index (χ2n) is 4.44. The van der Waals surface area contributed by atoms with Crippen LogP contribution in [0.25, 0.3) is 0 Å². The molecule has 0 fully saturated rings. The quantitative estimate of drug-likeness (QED) is 0.837. The number of benzene rings is 2. The van der Waals surface area contributed by atoms with Crippen LogP contribution < -0.4 is 10.4 Å². The number of ether oxygens (including phenoxy) is 1. The number of amides is 2. The first-order valence-electron chi connectivity index (χ1n) is 6.81. The summed E-state index contributed by atoms with van der Waals surface area (Å²) >= 11 is 11.9. The minimum absolute atomic E-state index is 0.181. The lowest BCUT2D eigenvalue weighted by Crippen LogP contribution is -2.46. The number of halogens is 2. The first-order valence-corrected chi connectivity index (χ1v) is 7.56. The van der Waals surface area contributed by atoms with E-state index in [0.29, 0.717) is 16.3 Å². The molecular formula is C16H14Cl2N2O3. The van der Waals surface area contributed by atoms with Crippen molar-refractivity contribution in [3.63, 3.8) is 0 Å². The van der Waals surface area contributed by atoms with Crippen LogP contribution >= 0.6 is 23.2 Å². The smallest absolute Gasteiger partial charge is 0.426 e. The number of anilines is 1. The maximum Gasteiger partial charge on any atom is 0.426 e. The molecule has 0 aromatic heterocycles. The molecule has 0 unspecified atom stereocenters. The first-order chi connectivity index (χ1) is 11.0. The van der Waals surface area contributed by atoms with Crippen LogP contribution in [-0.2, 0) is 4.74 Å². The van der Waals surface area contributed by atoms with E-state index in [2.05, 4.69) is 5.43 Å². The van der Waals surface area contributed by atoms with Crippen LogP contribution in [0.2, 0.25) is 10.0 Å². The van der Waals surface area contributed by atoms with Gasteiger partial charge in [-0.1, -0.05) is 41.4 Å². The Morgan fingerprint density at radius 3 is 2.39 bits per heavy atom. The van der Waals surface area contributed by atoms with E-state index in [1.807, 2.05) is 0 Å². The largest absolute Gasteiger partial charge is 0.449 e. The van der Waals surface area contributed by atoms with Gasteiger partial charge >= 0.3 is 6.09 Å². The lowest BCUT2D eigenvalue weighted by atomic mass is 10.2. The number of hydrazine groups is 1. The van der Waals surface area contributed by atoms with Crippen LogP contribution in [0.4, 0.5) is 10.5 Å². The summed E-state index contributed by atoms with van der Waals surface area (Å²) in [5, 5.41) is 1.68. The zero-order chi connectivity index (χ0) is 16.8. The van der Waals surface area contributed by atoms with Crippen LogP contribution in [0.1, 0.15) is 17.3 Å². The normalized spacial score (nSPS) is 10.0. The van der Waals surface area contributed by atoms with Gasteiger partial charge in [-0.3, -0.25) is 4.79 Å². The highest BCUT2D eigenvalue weighted by Crippen LogP contribution is 2.27. The lowest BCUT2D eigenvalue weighted by molar-refractivity contribution is 0.0959. The zero-order valence-corrected chi connectivity index (χ0v) is 13.8. The topological polar surface area (TPSA) is 58.6 Å². The molecule has 120 valence electrons. The van der Waals surface area contributed by atoms with Crippen molar-refractivity contribution in [1.82, 2.24) is 5.43 Å². The molecule has 0 spiro atoms. The van der Waals surface area contributed by atoms with E-state index in [-0.39, 0.29) is 11.6 Å². The molecule has 0 bridgehead atoms. The van der Waals surface area contributed by atoms with Crippen molar-refractivity contribution in [2.24, 2.45) is 0 Å². The van der Waals surface area contributed by atoms with Gasteiger partial charge in [0.05, 0.1) is 22.3 Å². The Kier molecular flexibility index (Phi) is 5.84. The Morgan fingerprint density at radius 2 is 1.78 bits per heavy atom. The van der Waals surface area contributed by atoms with Crippen molar-refractivity contribution in [3.05, 3.63) is 64.1 Å². The second kappa shape index (κ2) is 7.85. The average molecular weight is 353 g/mol. The van der Waals surface area contributed by atoms with Gasteiger partial charge in [0.25, 0.3) is 5.91 Å². The molecule has 0 heterocycles. The van der Waals surface area contributed by atoms with E-state index in [0.717, 1.165) is 5.01 Å². The summed E-state index contributed by atoms with van der Waals surface area (Å²) in [4.78, 5) is 24.4. The van der Waals surface area contributed by atoms with E-state index in [4.69, 9.17) is 27.9 Å². The summed E-state index contributed by atoms with van der Waals surface area (Å²) in [6, 6.07) is 13.1. The standard InChI is InChI=1S/C16H14Cl2N2O3/c1-2-23-16(22)19-20(12-8-9-13(17)14(18)10-12)15(21)11-6-4-3-5-7-11/h3-10H,2H2,1H3,(H,19,22). The number of nitrogens with one attached hydrogen (secondary N) is 1. The van der Waals surface area contributed by atoms with Gasteiger partial charge in [0.15, 0.2) is 0 Å². The van der Waals surface area contributed by atoms with Crippen molar-refractivity contribution in [2.75, 3.05) is 11.6 Å².